The number of rotatable bonds is 2. The smallest absolute Gasteiger partial charge is 0.220 e. The molecule has 4 nitrogen and oxygen atoms in total. The van der Waals surface area contributed by atoms with E-state index >= 15 is 0 Å². The third-order valence-electron chi connectivity index (χ3n) is 4.35. The first-order valence-electron chi connectivity index (χ1n) is 7.59. The zero-order chi connectivity index (χ0) is 13.1. The van der Waals surface area contributed by atoms with Crippen LogP contribution < -0.4 is 10.5 Å². The molecule has 2 unspecified atom stereocenters. The van der Waals surface area contributed by atoms with Gasteiger partial charge in [0.05, 0.1) is 5.69 Å². The summed E-state index contributed by atoms with van der Waals surface area (Å²) in [6, 6.07) is 0.150. The predicted molar refractivity (Wildman–Crippen MR) is 74.2 cm³/mol. The maximum atomic E-state index is 6.23. The fraction of sp³-hybridized carbons (Fsp3) is 0.733. The van der Waals surface area contributed by atoms with E-state index in [1.54, 1.807) is 6.33 Å². The van der Waals surface area contributed by atoms with Gasteiger partial charge in [-0.3, -0.25) is 0 Å². The van der Waals surface area contributed by atoms with E-state index in [2.05, 4.69) is 9.97 Å². The van der Waals surface area contributed by atoms with Gasteiger partial charge in [0.25, 0.3) is 0 Å². The molecule has 2 aliphatic rings. The summed E-state index contributed by atoms with van der Waals surface area (Å²) in [7, 11) is 0. The first kappa shape index (κ1) is 12.9. The Kier molecular flexibility index (Phi) is 3.97. The topological polar surface area (TPSA) is 61.0 Å². The van der Waals surface area contributed by atoms with E-state index in [4.69, 9.17) is 10.5 Å². The molecule has 1 heterocycles. The summed E-state index contributed by atoms with van der Waals surface area (Å²) in [6.45, 7) is 0. The second-order valence-corrected chi connectivity index (χ2v) is 5.77. The standard InChI is InChI=1S/C15H23N3O/c16-12-7-2-1-3-9-14(12)19-15-11-6-4-5-8-13(11)17-10-18-15/h10,12,14H,1-9,16H2. The fourth-order valence-corrected chi connectivity index (χ4v) is 3.18. The molecular weight excluding hydrogens is 238 g/mol. The zero-order valence-electron chi connectivity index (χ0n) is 11.5. The van der Waals surface area contributed by atoms with Crippen molar-refractivity contribution >= 4 is 0 Å². The summed E-state index contributed by atoms with van der Waals surface area (Å²) in [6.07, 6.45) is 12.2. The van der Waals surface area contributed by atoms with Crippen LogP contribution in [-0.2, 0) is 12.8 Å². The largest absolute Gasteiger partial charge is 0.472 e. The van der Waals surface area contributed by atoms with Crippen molar-refractivity contribution in [1.29, 1.82) is 0 Å². The molecule has 104 valence electrons. The van der Waals surface area contributed by atoms with E-state index in [1.165, 1.54) is 43.4 Å². The Hall–Kier alpha value is -1.16. The van der Waals surface area contributed by atoms with Gasteiger partial charge in [0.2, 0.25) is 5.88 Å². The lowest BCUT2D eigenvalue weighted by molar-refractivity contribution is 0.153. The zero-order valence-corrected chi connectivity index (χ0v) is 11.5. The van der Waals surface area contributed by atoms with Gasteiger partial charge in [0.1, 0.15) is 12.4 Å². The van der Waals surface area contributed by atoms with Crippen LogP contribution in [0.2, 0.25) is 0 Å². The molecule has 2 aliphatic carbocycles. The van der Waals surface area contributed by atoms with Crippen molar-refractivity contribution in [2.75, 3.05) is 0 Å². The molecule has 1 aromatic heterocycles. The van der Waals surface area contributed by atoms with Crippen LogP contribution in [0.15, 0.2) is 6.33 Å². The first-order valence-corrected chi connectivity index (χ1v) is 7.59. The van der Waals surface area contributed by atoms with Crippen molar-refractivity contribution < 1.29 is 4.74 Å². The van der Waals surface area contributed by atoms with Crippen molar-refractivity contribution in [3.8, 4) is 5.88 Å². The minimum absolute atomic E-state index is 0.128. The van der Waals surface area contributed by atoms with Crippen molar-refractivity contribution in [3.63, 3.8) is 0 Å². The number of nitrogens with zero attached hydrogens (tertiary/aromatic N) is 2. The second-order valence-electron chi connectivity index (χ2n) is 5.77. The normalized spacial score (nSPS) is 27.4. The number of hydrogen-bond acceptors (Lipinski definition) is 4. The van der Waals surface area contributed by atoms with Gasteiger partial charge >= 0.3 is 0 Å². The highest BCUT2D eigenvalue weighted by Gasteiger charge is 2.25. The van der Waals surface area contributed by atoms with Crippen molar-refractivity contribution in [3.05, 3.63) is 17.6 Å². The second kappa shape index (κ2) is 5.87. The van der Waals surface area contributed by atoms with Gasteiger partial charge in [0.15, 0.2) is 0 Å². The van der Waals surface area contributed by atoms with Crippen LogP contribution in [0.4, 0.5) is 0 Å². The van der Waals surface area contributed by atoms with Crippen LogP contribution in [0.1, 0.15) is 56.2 Å². The molecule has 4 heteroatoms. The molecule has 1 fully saturated rings. The molecule has 2 N–H and O–H groups in total. The highest BCUT2D eigenvalue weighted by Crippen LogP contribution is 2.28. The van der Waals surface area contributed by atoms with Gasteiger partial charge in [-0.15, -0.1) is 0 Å². The van der Waals surface area contributed by atoms with Crippen LogP contribution in [0.3, 0.4) is 0 Å². The Morgan fingerprint density at radius 1 is 1.00 bits per heavy atom. The summed E-state index contributed by atoms with van der Waals surface area (Å²) < 4.78 is 6.17. The molecule has 0 amide bonds. The van der Waals surface area contributed by atoms with Crippen LogP contribution >= 0.6 is 0 Å². The first-order chi connectivity index (χ1) is 9.34. The van der Waals surface area contributed by atoms with Crippen LogP contribution in [-0.4, -0.2) is 22.1 Å². The summed E-state index contributed by atoms with van der Waals surface area (Å²) >= 11 is 0. The third kappa shape index (κ3) is 2.89. The number of ether oxygens (including phenoxy) is 1. The van der Waals surface area contributed by atoms with Crippen molar-refractivity contribution in [1.82, 2.24) is 9.97 Å². The molecule has 0 bridgehead atoms. The Bertz CT molecular complexity index is 435. The highest BCUT2D eigenvalue weighted by atomic mass is 16.5. The van der Waals surface area contributed by atoms with Crippen molar-refractivity contribution in [2.24, 2.45) is 5.73 Å². The van der Waals surface area contributed by atoms with Crippen LogP contribution in [0, 0.1) is 0 Å². The van der Waals surface area contributed by atoms with E-state index in [9.17, 15) is 0 Å². The van der Waals surface area contributed by atoms with E-state index in [-0.39, 0.29) is 12.1 Å². The van der Waals surface area contributed by atoms with Gasteiger partial charge in [-0.1, -0.05) is 12.8 Å². The van der Waals surface area contributed by atoms with Gasteiger partial charge < -0.3 is 10.5 Å². The summed E-state index contributed by atoms with van der Waals surface area (Å²) in [4.78, 5) is 8.75. The van der Waals surface area contributed by atoms with E-state index in [1.807, 2.05) is 0 Å². The number of nitrogens with two attached hydrogens (primary N) is 1. The summed E-state index contributed by atoms with van der Waals surface area (Å²) in [5, 5.41) is 0. The average Bonchev–Trinajstić information content (AvgIpc) is 2.65. The lowest BCUT2D eigenvalue weighted by atomic mass is 9.97. The number of hydrogen-bond donors (Lipinski definition) is 1. The summed E-state index contributed by atoms with van der Waals surface area (Å²) in [5.41, 5.74) is 8.64. The van der Waals surface area contributed by atoms with Crippen molar-refractivity contribution in [2.45, 2.75) is 69.9 Å². The minimum Gasteiger partial charge on any atom is -0.472 e. The van der Waals surface area contributed by atoms with Gasteiger partial charge in [0, 0.05) is 11.6 Å². The average molecular weight is 261 g/mol. The molecule has 2 atom stereocenters. The Balaban J connectivity index is 1.78. The predicted octanol–water partition coefficient (Wildman–Crippen LogP) is 2.39. The maximum Gasteiger partial charge on any atom is 0.220 e. The Morgan fingerprint density at radius 3 is 2.79 bits per heavy atom. The van der Waals surface area contributed by atoms with Crippen LogP contribution in [0.25, 0.3) is 0 Å². The van der Waals surface area contributed by atoms with E-state index in [0.29, 0.717) is 0 Å². The molecule has 0 radical (unpaired) electrons. The molecule has 0 spiro atoms. The van der Waals surface area contributed by atoms with Gasteiger partial charge in [-0.2, -0.15) is 0 Å². The third-order valence-corrected chi connectivity index (χ3v) is 4.35. The molecular formula is C15H23N3O. The SMILES string of the molecule is NC1CCCCCC1Oc1ncnc2c1CCCC2. The minimum atomic E-state index is 0.128. The number of aromatic nitrogens is 2. The lowest BCUT2D eigenvalue weighted by Crippen LogP contribution is -2.38. The Morgan fingerprint density at radius 2 is 1.84 bits per heavy atom. The summed E-state index contributed by atoms with van der Waals surface area (Å²) in [5.74, 6) is 0.798. The van der Waals surface area contributed by atoms with E-state index < -0.39 is 0 Å². The van der Waals surface area contributed by atoms with Crippen LogP contribution in [0.5, 0.6) is 5.88 Å². The Labute approximate surface area is 114 Å². The number of fused-ring (bicyclic) bond motifs is 1. The molecule has 19 heavy (non-hydrogen) atoms. The molecule has 1 aromatic rings. The van der Waals surface area contributed by atoms with Gasteiger partial charge in [-0.05, 0) is 44.9 Å². The molecule has 0 aliphatic heterocycles. The fourth-order valence-electron chi connectivity index (χ4n) is 3.18. The lowest BCUT2D eigenvalue weighted by Gasteiger charge is -2.25. The quantitative estimate of drug-likeness (QED) is 0.830. The monoisotopic (exact) mass is 261 g/mol. The van der Waals surface area contributed by atoms with Gasteiger partial charge in [-0.25, -0.2) is 9.97 Å². The highest BCUT2D eigenvalue weighted by molar-refractivity contribution is 5.31. The molecule has 1 saturated carbocycles. The molecule has 0 aromatic carbocycles. The number of aryl methyl sites for hydroxylation is 1. The molecule has 3 rings (SSSR count). The van der Waals surface area contributed by atoms with E-state index in [0.717, 1.165) is 31.6 Å². The maximum absolute atomic E-state index is 6.23. The molecule has 0 saturated heterocycles.